The Morgan fingerprint density at radius 3 is 2.28 bits per heavy atom. The van der Waals surface area contributed by atoms with Crippen molar-refractivity contribution < 1.29 is 23.9 Å². The molecule has 0 aromatic heterocycles. The molecular formula is C27H36N2O5SSi. The van der Waals surface area contributed by atoms with E-state index in [1.807, 2.05) is 39.9 Å². The Labute approximate surface area is 219 Å². The Morgan fingerprint density at radius 1 is 1.08 bits per heavy atom. The van der Waals surface area contributed by atoms with Crippen molar-refractivity contribution in [2.45, 2.75) is 57.0 Å². The summed E-state index contributed by atoms with van der Waals surface area (Å²) in [6.07, 6.45) is 0.360. The number of aromatic hydroxyl groups is 1. The largest absolute Gasteiger partial charge is 0.547 e. The molecule has 7 nitrogen and oxygen atoms in total. The molecule has 1 saturated heterocycles. The molecule has 1 heterocycles. The van der Waals surface area contributed by atoms with E-state index in [1.165, 1.54) is 9.80 Å². The molecule has 0 saturated carbocycles. The first kappa shape index (κ1) is 27.8. The molecule has 1 aliphatic rings. The van der Waals surface area contributed by atoms with Crippen LogP contribution in [0.5, 0.6) is 11.5 Å². The highest BCUT2D eigenvalue weighted by molar-refractivity contribution is 8.14. The van der Waals surface area contributed by atoms with E-state index >= 15 is 0 Å². The van der Waals surface area contributed by atoms with Crippen LogP contribution >= 0.6 is 11.8 Å². The van der Waals surface area contributed by atoms with Gasteiger partial charge in [0, 0.05) is 37.0 Å². The molecule has 0 aliphatic carbocycles. The summed E-state index contributed by atoms with van der Waals surface area (Å²) in [6.45, 7) is 10.2. The van der Waals surface area contributed by atoms with Gasteiger partial charge in [-0.15, -0.1) is 0 Å². The van der Waals surface area contributed by atoms with Gasteiger partial charge in [0.25, 0.3) is 5.91 Å². The summed E-state index contributed by atoms with van der Waals surface area (Å²) >= 11 is 1.15. The smallest absolute Gasteiger partial charge is 0.258 e. The summed E-state index contributed by atoms with van der Waals surface area (Å²) in [5, 5.41) is 10.9. The quantitative estimate of drug-likeness (QED) is 0.563. The van der Waals surface area contributed by atoms with E-state index < -0.39 is 26.4 Å². The van der Waals surface area contributed by atoms with E-state index in [9.17, 15) is 19.5 Å². The van der Waals surface area contributed by atoms with E-state index in [0.717, 1.165) is 11.8 Å². The number of hydrogen-bond acceptors (Lipinski definition) is 6. The van der Waals surface area contributed by atoms with Crippen LogP contribution in [0.4, 0.5) is 0 Å². The van der Waals surface area contributed by atoms with Crippen LogP contribution in [0.25, 0.3) is 0 Å². The summed E-state index contributed by atoms with van der Waals surface area (Å²) in [6, 6.07) is 11.6. The van der Waals surface area contributed by atoms with E-state index in [1.54, 1.807) is 50.5 Å². The molecule has 2 amide bonds. The van der Waals surface area contributed by atoms with Gasteiger partial charge in [-0.3, -0.25) is 14.4 Å². The molecule has 0 spiro atoms. The third-order valence-electron chi connectivity index (χ3n) is 6.02. The van der Waals surface area contributed by atoms with Gasteiger partial charge in [0.05, 0.1) is 5.56 Å². The number of amides is 2. The maximum absolute atomic E-state index is 13.8. The van der Waals surface area contributed by atoms with Gasteiger partial charge in [-0.2, -0.15) is 0 Å². The summed E-state index contributed by atoms with van der Waals surface area (Å²) in [5.41, 5.74) is 0.826. The number of likely N-dealkylation sites (N-methyl/N-ethyl adjacent to an activating group) is 1. The minimum absolute atomic E-state index is 0.0943. The monoisotopic (exact) mass is 528 g/mol. The SMILES string of the molecule is CN(C)C(=O)[C@@H]1C[C@H](SC(=O)c2ccccc2)CN1C(=O)c1ccc(O[SiH](C)C)c(C(C)(C)C)c1O. The van der Waals surface area contributed by atoms with Crippen LogP contribution in [-0.2, 0) is 10.2 Å². The third-order valence-corrected chi connectivity index (χ3v) is 7.87. The molecule has 1 aliphatic heterocycles. The van der Waals surface area contributed by atoms with Crippen LogP contribution in [-0.4, -0.2) is 72.8 Å². The summed E-state index contributed by atoms with van der Waals surface area (Å²) < 4.78 is 6.06. The maximum atomic E-state index is 13.8. The van der Waals surface area contributed by atoms with Gasteiger partial charge in [-0.1, -0.05) is 62.9 Å². The van der Waals surface area contributed by atoms with E-state index in [0.29, 0.717) is 23.3 Å². The van der Waals surface area contributed by atoms with Gasteiger partial charge in [-0.05, 0) is 37.1 Å². The molecule has 0 bridgehead atoms. The zero-order valence-electron chi connectivity index (χ0n) is 22.1. The molecule has 36 heavy (non-hydrogen) atoms. The number of carbonyl (C=O) groups excluding carboxylic acids is 3. The maximum Gasteiger partial charge on any atom is 0.258 e. The highest BCUT2D eigenvalue weighted by atomic mass is 32.2. The Bertz CT molecular complexity index is 1130. The number of benzene rings is 2. The van der Waals surface area contributed by atoms with Gasteiger partial charge in [0.1, 0.15) is 17.5 Å². The Morgan fingerprint density at radius 2 is 1.72 bits per heavy atom. The standard InChI is InChI=1S/C27H36N2O5SSi/c1-27(2,3)22-21(34-36(6)7)14-13-19(23(22)30)24(31)29-16-18(15-20(29)25(32)28(4)5)35-26(33)17-11-9-8-10-12-17/h8-14,18,20,30,36H,15-16H2,1-7H3/t18-,20-/m0/s1. The predicted octanol–water partition coefficient (Wildman–Crippen LogP) is 4.30. The van der Waals surface area contributed by atoms with Crippen molar-refractivity contribution >= 4 is 37.7 Å². The Balaban J connectivity index is 1.95. The fourth-order valence-corrected chi connectivity index (χ4v) is 6.20. The van der Waals surface area contributed by atoms with Crippen molar-refractivity contribution in [1.29, 1.82) is 0 Å². The number of phenols is 1. The number of thioether (sulfide) groups is 1. The van der Waals surface area contributed by atoms with E-state index in [-0.39, 0.29) is 34.1 Å². The first-order chi connectivity index (χ1) is 16.8. The van der Waals surface area contributed by atoms with Gasteiger partial charge in [0.15, 0.2) is 0 Å². The second-order valence-corrected chi connectivity index (χ2v) is 14.2. The van der Waals surface area contributed by atoms with Crippen molar-refractivity contribution in [2.75, 3.05) is 20.6 Å². The summed E-state index contributed by atoms with van der Waals surface area (Å²) in [4.78, 5) is 42.6. The van der Waals surface area contributed by atoms with E-state index in [4.69, 9.17) is 4.43 Å². The highest BCUT2D eigenvalue weighted by Gasteiger charge is 2.42. The number of hydrogen-bond donors (Lipinski definition) is 1. The molecule has 2 aromatic carbocycles. The predicted molar refractivity (Wildman–Crippen MR) is 147 cm³/mol. The van der Waals surface area contributed by atoms with Gasteiger partial charge in [0.2, 0.25) is 20.1 Å². The lowest BCUT2D eigenvalue weighted by Gasteiger charge is -2.29. The minimum Gasteiger partial charge on any atom is -0.547 e. The summed E-state index contributed by atoms with van der Waals surface area (Å²) in [5.74, 6) is -0.170. The minimum atomic E-state index is -1.46. The third kappa shape index (κ3) is 6.12. The van der Waals surface area contributed by atoms with Gasteiger partial charge >= 0.3 is 0 Å². The fraction of sp³-hybridized carbons (Fsp3) is 0.444. The molecule has 1 fully saturated rings. The van der Waals surface area contributed by atoms with Crippen LogP contribution in [0, 0.1) is 0 Å². The second-order valence-electron chi connectivity index (χ2n) is 10.6. The molecule has 194 valence electrons. The van der Waals surface area contributed by atoms with Crippen LogP contribution in [0.3, 0.4) is 0 Å². The summed E-state index contributed by atoms with van der Waals surface area (Å²) in [7, 11) is 1.85. The fourth-order valence-electron chi connectivity index (χ4n) is 4.41. The first-order valence-corrected chi connectivity index (χ1v) is 15.8. The molecule has 9 heteroatoms. The normalized spacial score (nSPS) is 17.8. The lowest BCUT2D eigenvalue weighted by Crippen LogP contribution is -2.45. The van der Waals surface area contributed by atoms with Gasteiger partial charge in [-0.25, -0.2) is 0 Å². The highest BCUT2D eigenvalue weighted by Crippen LogP contribution is 2.42. The lowest BCUT2D eigenvalue weighted by molar-refractivity contribution is -0.132. The van der Waals surface area contributed by atoms with Gasteiger partial charge < -0.3 is 19.3 Å². The van der Waals surface area contributed by atoms with Crippen LogP contribution in [0.2, 0.25) is 13.1 Å². The molecular weight excluding hydrogens is 492 g/mol. The van der Waals surface area contributed by atoms with E-state index in [2.05, 4.69) is 0 Å². The number of nitrogens with zero attached hydrogens (tertiary/aromatic N) is 2. The van der Waals surface area contributed by atoms with Crippen molar-refractivity contribution in [3.63, 3.8) is 0 Å². The molecule has 0 unspecified atom stereocenters. The second kappa shape index (κ2) is 11.1. The van der Waals surface area contributed by atoms with Crippen molar-refractivity contribution in [2.24, 2.45) is 0 Å². The molecule has 2 atom stereocenters. The zero-order valence-corrected chi connectivity index (χ0v) is 24.0. The first-order valence-electron chi connectivity index (χ1n) is 12.1. The molecule has 0 radical (unpaired) electrons. The number of phenolic OH excluding ortho intramolecular Hbond substituents is 1. The molecule has 1 N–H and O–H groups in total. The average Bonchev–Trinajstić information content (AvgIpc) is 3.21. The molecule has 3 rings (SSSR count). The van der Waals surface area contributed by atoms with Crippen molar-refractivity contribution in [1.82, 2.24) is 9.80 Å². The molecule has 2 aromatic rings. The zero-order chi connectivity index (χ0) is 26.8. The number of likely N-dealkylation sites (tertiary alicyclic amines) is 1. The topological polar surface area (TPSA) is 87.2 Å². The number of carbonyl (C=O) groups is 3. The Kier molecular flexibility index (Phi) is 8.56. The van der Waals surface area contributed by atoms with Crippen molar-refractivity contribution in [3.05, 3.63) is 59.2 Å². The van der Waals surface area contributed by atoms with Crippen molar-refractivity contribution in [3.8, 4) is 11.5 Å². The van der Waals surface area contributed by atoms with Crippen LogP contribution < -0.4 is 4.43 Å². The Hall–Kier alpha value is -2.78. The lowest BCUT2D eigenvalue weighted by atomic mass is 9.84. The average molecular weight is 529 g/mol. The van der Waals surface area contributed by atoms with Crippen LogP contribution in [0.1, 0.15) is 53.5 Å². The van der Waals surface area contributed by atoms with Crippen LogP contribution in [0.15, 0.2) is 42.5 Å². The number of rotatable bonds is 6.